The van der Waals surface area contributed by atoms with Gasteiger partial charge in [0, 0.05) is 6.20 Å². The van der Waals surface area contributed by atoms with Crippen LogP contribution >= 0.6 is 15.9 Å². The third kappa shape index (κ3) is 1.63. The van der Waals surface area contributed by atoms with Gasteiger partial charge < -0.3 is 9.51 Å². The molecule has 2 aromatic rings. The molecule has 0 atom stereocenters. The minimum absolute atomic E-state index is 0.0335. The van der Waals surface area contributed by atoms with Crippen LogP contribution in [0.1, 0.15) is 5.56 Å². The Morgan fingerprint density at radius 1 is 1.57 bits per heavy atom. The Bertz CT molecular complexity index is 493. The molecule has 0 unspecified atom stereocenters. The van der Waals surface area contributed by atoms with E-state index in [0.717, 1.165) is 15.7 Å². The highest BCUT2D eigenvalue weighted by Crippen LogP contribution is 2.16. The predicted octanol–water partition coefficient (Wildman–Crippen LogP) is 1.72. The van der Waals surface area contributed by atoms with Gasteiger partial charge in [0.2, 0.25) is 0 Å². The predicted molar refractivity (Wildman–Crippen MR) is 54.2 cm³/mol. The summed E-state index contributed by atoms with van der Waals surface area (Å²) in [5, 5.41) is 8.61. The highest BCUT2D eigenvalue weighted by Gasteiger charge is 2.04. The van der Waals surface area contributed by atoms with Crippen molar-refractivity contribution < 1.29 is 9.90 Å². The summed E-state index contributed by atoms with van der Waals surface area (Å²) in [6.45, 7) is 0. The fraction of sp³-hybridized carbons (Fsp3) is 0.111. The van der Waals surface area contributed by atoms with Gasteiger partial charge in [-0.15, -0.1) is 0 Å². The van der Waals surface area contributed by atoms with Crippen molar-refractivity contribution in [3.8, 4) is 0 Å². The zero-order valence-electron chi connectivity index (χ0n) is 7.14. The summed E-state index contributed by atoms with van der Waals surface area (Å²) in [7, 11) is 0. The van der Waals surface area contributed by atoms with E-state index in [1.807, 2.05) is 6.07 Å². The molecule has 2 aromatic heterocycles. The largest absolute Gasteiger partial charge is 0.481 e. The maximum absolute atomic E-state index is 10.5. The van der Waals surface area contributed by atoms with E-state index in [2.05, 4.69) is 20.9 Å². The van der Waals surface area contributed by atoms with E-state index in [0.29, 0.717) is 0 Å². The van der Waals surface area contributed by atoms with E-state index >= 15 is 0 Å². The van der Waals surface area contributed by atoms with Crippen LogP contribution in [0.5, 0.6) is 0 Å². The smallest absolute Gasteiger partial charge is 0.307 e. The van der Waals surface area contributed by atoms with E-state index < -0.39 is 5.97 Å². The van der Waals surface area contributed by atoms with Crippen LogP contribution < -0.4 is 0 Å². The van der Waals surface area contributed by atoms with Crippen LogP contribution in [0.15, 0.2) is 29.3 Å². The van der Waals surface area contributed by atoms with Gasteiger partial charge in [0.25, 0.3) is 0 Å². The summed E-state index contributed by atoms with van der Waals surface area (Å²) in [5.41, 5.74) is 1.69. The van der Waals surface area contributed by atoms with E-state index in [1.54, 1.807) is 23.0 Å². The second-order valence-electron chi connectivity index (χ2n) is 2.94. The summed E-state index contributed by atoms with van der Waals surface area (Å²) in [4.78, 5) is 14.5. The molecule has 2 heterocycles. The number of carbonyl (C=O) groups is 1. The van der Waals surface area contributed by atoms with Crippen LogP contribution in [-0.2, 0) is 11.2 Å². The fourth-order valence-corrected chi connectivity index (χ4v) is 1.72. The van der Waals surface area contributed by atoms with Gasteiger partial charge in [0.05, 0.1) is 11.9 Å². The molecular formula is C9H7BrN2O2. The first-order chi connectivity index (χ1) is 6.66. The first-order valence-corrected chi connectivity index (χ1v) is 4.79. The molecule has 0 fully saturated rings. The minimum atomic E-state index is -0.830. The molecule has 0 aliphatic heterocycles. The molecule has 0 saturated carbocycles. The van der Waals surface area contributed by atoms with Crippen molar-refractivity contribution in [3.05, 3.63) is 34.8 Å². The van der Waals surface area contributed by atoms with Crippen LogP contribution in [0.3, 0.4) is 0 Å². The second kappa shape index (κ2) is 3.42. The average Bonchev–Trinajstić information content (AvgIpc) is 2.46. The topological polar surface area (TPSA) is 54.6 Å². The van der Waals surface area contributed by atoms with Crippen molar-refractivity contribution in [3.63, 3.8) is 0 Å². The number of carboxylic acid groups (broad SMARTS) is 1. The fourth-order valence-electron chi connectivity index (χ4n) is 1.29. The van der Waals surface area contributed by atoms with Crippen molar-refractivity contribution in [2.24, 2.45) is 0 Å². The third-order valence-electron chi connectivity index (χ3n) is 1.90. The van der Waals surface area contributed by atoms with E-state index in [9.17, 15) is 4.79 Å². The van der Waals surface area contributed by atoms with Gasteiger partial charge in [-0.2, -0.15) is 0 Å². The first kappa shape index (κ1) is 9.21. The Hall–Kier alpha value is -1.36. The number of rotatable bonds is 2. The summed E-state index contributed by atoms with van der Waals surface area (Å²) in [6, 6.07) is 3.63. The normalized spacial score (nSPS) is 10.6. The lowest BCUT2D eigenvalue weighted by atomic mass is 10.2. The number of fused-ring (bicyclic) bond motifs is 1. The molecule has 0 amide bonds. The highest BCUT2D eigenvalue weighted by atomic mass is 79.9. The van der Waals surface area contributed by atoms with Gasteiger partial charge >= 0.3 is 5.97 Å². The van der Waals surface area contributed by atoms with Crippen LogP contribution in [0, 0.1) is 0 Å². The van der Waals surface area contributed by atoms with Crippen molar-refractivity contribution in [2.45, 2.75) is 6.42 Å². The van der Waals surface area contributed by atoms with Gasteiger partial charge in [0.15, 0.2) is 0 Å². The van der Waals surface area contributed by atoms with Gasteiger partial charge in [-0.25, -0.2) is 4.98 Å². The minimum Gasteiger partial charge on any atom is -0.481 e. The van der Waals surface area contributed by atoms with Gasteiger partial charge in [0.1, 0.15) is 10.9 Å². The van der Waals surface area contributed by atoms with Crippen molar-refractivity contribution in [1.82, 2.24) is 9.38 Å². The van der Waals surface area contributed by atoms with Gasteiger partial charge in [-0.1, -0.05) is 6.07 Å². The van der Waals surface area contributed by atoms with Crippen molar-refractivity contribution in [2.75, 3.05) is 0 Å². The first-order valence-electron chi connectivity index (χ1n) is 3.99. The number of pyridine rings is 1. The zero-order chi connectivity index (χ0) is 10.1. The molecule has 0 bridgehead atoms. The summed E-state index contributed by atoms with van der Waals surface area (Å²) < 4.78 is 2.56. The quantitative estimate of drug-likeness (QED) is 0.888. The van der Waals surface area contributed by atoms with Crippen molar-refractivity contribution in [1.29, 1.82) is 0 Å². The van der Waals surface area contributed by atoms with Crippen LogP contribution in [0.25, 0.3) is 5.52 Å². The molecule has 14 heavy (non-hydrogen) atoms. The zero-order valence-corrected chi connectivity index (χ0v) is 8.73. The number of nitrogens with zero attached hydrogens (tertiary/aromatic N) is 2. The van der Waals surface area contributed by atoms with Crippen LogP contribution in [0.4, 0.5) is 0 Å². The maximum Gasteiger partial charge on any atom is 0.307 e. The van der Waals surface area contributed by atoms with E-state index in [4.69, 9.17) is 5.11 Å². The number of hydrogen-bond donors (Lipinski definition) is 1. The molecule has 0 spiro atoms. The monoisotopic (exact) mass is 254 g/mol. The Balaban J connectivity index is 2.46. The average molecular weight is 255 g/mol. The Labute approximate surface area is 88.3 Å². The molecule has 4 nitrogen and oxygen atoms in total. The second-order valence-corrected chi connectivity index (χ2v) is 3.69. The van der Waals surface area contributed by atoms with Crippen molar-refractivity contribution >= 4 is 27.4 Å². The number of hydrogen-bond acceptors (Lipinski definition) is 2. The number of imidazole rings is 1. The SMILES string of the molecule is O=C(O)Cc1ccc2c(Br)ncn2c1. The molecule has 0 aliphatic rings. The molecule has 0 aliphatic carbocycles. The molecule has 2 rings (SSSR count). The van der Waals surface area contributed by atoms with E-state index in [1.165, 1.54) is 0 Å². The number of aromatic nitrogens is 2. The Kier molecular flexibility index (Phi) is 2.25. The molecule has 72 valence electrons. The van der Waals surface area contributed by atoms with E-state index in [-0.39, 0.29) is 6.42 Å². The molecular weight excluding hydrogens is 248 g/mol. The summed E-state index contributed by atoms with van der Waals surface area (Å²) >= 11 is 3.29. The lowest BCUT2D eigenvalue weighted by Crippen LogP contribution is -2.00. The number of carboxylic acids is 1. The summed E-state index contributed by atoms with van der Waals surface area (Å²) in [5.74, 6) is -0.830. The van der Waals surface area contributed by atoms with Crippen LogP contribution in [0.2, 0.25) is 0 Å². The lowest BCUT2D eigenvalue weighted by molar-refractivity contribution is -0.136. The Morgan fingerprint density at radius 2 is 2.36 bits per heavy atom. The molecule has 0 aromatic carbocycles. The molecule has 5 heteroatoms. The molecule has 0 saturated heterocycles. The lowest BCUT2D eigenvalue weighted by Gasteiger charge is -1.98. The standard InChI is InChI=1S/C9H7BrN2O2/c10-9-7-2-1-6(3-8(13)14)4-12(7)5-11-9/h1-2,4-5H,3H2,(H,13,14). The van der Waals surface area contributed by atoms with Gasteiger partial charge in [-0.05, 0) is 27.6 Å². The molecule has 0 radical (unpaired) electrons. The highest BCUT2D eigenvalue weighted by molar-refractivity contribution is 9.10. The van der Waals surface area contributed by atoms with Crippen LogP contribution in [-0.4, -0.2) is 20.5 Å². The maximum atomic E-state index is 10.5. The summed E-state index contributed by atoms with van der Waals surface area (Å²) in [6.07, 6.45) is 3.44. The number of aliphatic carboxylic acids is 1. The number of halogens is 1. The Morgan fingerprint density at radius 3 is 3.07 bits per heavy atom. The third-order valence-corrected chi connectivity index (χ3v) is 2.51. The van der Waals surface area contributed by atoms with Gasteiger partial charge in [-0.3, -0.25) is 4.79 Å². The molecule has 1 N–H and O–H groups in total.